The van der Waals surface area contributed by atoms with Crippen molar-refractivity contribution < 1.29 is 14.0 Å². The minimum absolute atomic E-state index is 0.0917. The van der Waals surface area contributed by atoms with Crippen LogP contribution in [-0.4, -0.2) is 47.8 Å². The highest BCUT2D eigenvalue weighted by Crippen LogP contribution is 2.25. The van der Waals surface area contributed by atoms with E-state index in [-0.39, 0.29) is 23.5 Å². The molecule has 4 nitrogen and oxygen atoms in total. The van der Waals surface area contributed by atoms with Crippen LogP contribution >= 0.6 is 0 Å². The molecule has 0 spiro atoms. The van der Waals surface area contributed by atoms with Gasteiger partial charge in [-0.05, 0) is 37.0 Å². The number of aryl methyl sites for hydroxylation is 1. The van der Waals surface area contributed by atoms with Gasteiger partial charge in [-0.3, -0.25) is 9.59 Å². The zero-order chi connectivity index (χ0) is 17.6. The van der Waals surface area contributed by atoms with Crippen molar-refractivity contribution in [2.75, 3.05) is 26.2 Å². The molecule has 0 atom stereocenters. The second-order valence-corrected chi connectivity index (χ2v) is 7.17. The molecule has 1 aromatic rings. The number of benzene rings is 1. The summed E-state index contributed by atoms with van der Waals surface area (Å²) in [6, 6.07) is 6.41. The van der Waals surface area contributed by atoms with E-state index < -0.39 is 0 Å². The molecule has 2 fully saturated rings. The number of hydrogen-bond acceptors (Lipinski definition) is 2. The Morgan fingerprint density at radius 3 is 2.36 bits per heavy atom. The number of piperazine rings is 1. The van der Waals surface area contributed by atoms with Crippen LogP contribution in [0.25, 0.3) is 0 Å². The van der Waals surface area contributed by atoms with Gasteiger partial charge < -0.3 is 9.80 Å². The van der Waals surface area contributed by atoms with E-state index in [4.69, 9.17) is 0 Å². The van der Waals surface area contributed by atoms with Crippen molar-refractivity contribution in [3.8, 4) is 0 Å². The maximum absolute atomic E-state index is 13.2. The lowest BCUT2D eigenvalue weighted by atomic mass is 9.88. The molecule has 2 aliphatic rings. The van der Waals surface area contributed by atoms with E-state index in [1.807, 2.05) is 15.9 Å². The smallest absolute Gasteiger partial charge is 0.225 e. The van der Waals surface area contributed by atoms with Gasteiger partial charge in [-0.25, -0.2) is 4.39 Å². The van der Waals surface area contributed by atoms with Gasteiger partial charge in [0.05, 0.1) is 0 Å². The number of hydrogen-bond donors (Lipinski definition) is 0. The number of carbonyl (C=O) groups excluding carboxylic acids is 2. The fourth-order valence-corrected chi connectivity index (χ4v) is 3.89. The van der Waals surface area contributed by atoms with E-state index in [9.17, 15) is 14.0 Å². The molecule has 0 aromatic heterocycles. The van der Waals surface area contributed by atoms with Gasteiger partial charge in [0.25, 0.3) is 0 Å². The number of halogens is 1. The van der Waals surface area contributed by atoms with Gasteiger partial charge in [-0.1, -0.05) is 31.4 Å². The quantitative estimate of drug-likeness (QED) is 0.841. The Morgan fingerprint density at radius 1 is 1.00 bits per heavy atom. The molecule has 0 unspecified atom stereocenters. The van der Waals surface area contributed by atoms with Gasteiger partial charge in [-0.15, -0.1) is 0 Å². The van der Waals surface area contributed by atoms with Crippen molar-refractivity contribution in [2.45, 2.75) is 44.9 Å². The third kappa shape index (κ3) is 4.80. The minimum Gasteiger partial charge on any atom is -0.339 e. The van der Waals surface area contributed by atoms with E-state index >= 15 is 0 Å². The monoisotopic (exact) mass is 346 g/mol. The van der Waals surface area contributed by atoms with E-state index in [1.165, 1.54) is 18.6 Å². The summed E-state index contributed by atoms with van der Waals surface area (Å²) in [5.74, 6) is 0.310. The van der Waals surface area contributed by atoms with Crippen molar-refractivity contribution in [3.63, 3.8) is 0 Å². The van der Waals surface area contributed by atoms with Crippen LogP contribution in [0.1, 0.15) is 44.1 Å². The summed E-state index contributed by atoms with van der Waals surface area (Å²) < 4.78 is 13.2. The van der Waals surface area contributed by atoms with E-state index in [0.717, 1.165) is 31.2 Å². The summed E-state index contributed by atoms with van der Waals surface area (Å²) in [6.45, 7) is 2.50. The molecule has 2 amide bonds. The Hall–Kier alpha value is -1.91. The highest BCUT2D eigenvalue weighted by molar-refractivity contribution is 5.80. The van der Waals surface area contributed by atoms with Gasteiger partial charge in [-0.2, -0.15) is 0 Å². The van der Waals surface area contributed by atoms with Gasteiger partial charge in [0.15, 0.2) is 0 Å². The molecular formula is C20H27FN2O2. The molecule has 0 radical (unpaired) electrons. The first-order valence-corrected chi connectivity index (χ1v) is 9.44. The molecule has 1 aliphatic carbocycles. The van der Waals surface area contributed by atoms with Crippen molar-refractivity contribution in [2.24, 2.45) is 5.92 Å². The SMILES string of the molecule is O=C(CCc1cccc(F)c1)N1CCN(C(=O)C2CCCCC2)CC1. The van der Waals surface area contributed by atoms with E-state index in [0.29, 0.717) is 39.0 Å². The number of nitrogens with zero attached hydrogens (tertiary/aromatic N) is 2. The molecule has 1 saturated carbocycles. The van der Waals surface area contributed by atoms with Crippen molar-refractivity contribution in [1.82, 2.24) is 9.80 Å². The van der Waals surface area contributed by atoms with Crippen molar-refractivity contribution >= 4 is 11.8 Å². The fourth-order valence-electron chi connectivity index (χ4n) is 3.89. The van der Waals surface area contributed by atoms with Crippen LogP contribution < -0.4 is 0 Å². The molecule has 136 valence electrons. The second-order valence-electron chi connectivity index (χ2n) is 7.17. The first-order chi connectivity index (χ1) is 12.1. The van der Waals surface area contributed by atoms with E-state index in [2.05, 4.69) is 0 Å². The average molecular weight is 346 g/mol. The Bertz CT molecular complexity index is 605. The summed E-state index contributed by atoms with van der Waals surface area (Å²) in [6.07, 6.45) is 6.55. The second kappa shape index (κ2) is 8.45. The van der Waals surface area contributed by atoms with E-state index in [1.54, 1.807) is 6.07 Å². The first kappa shape index (κ1) is 17.9. The zero-order valence-electron chi connectivity index (χ0n) is 14.8. The molecule has 0 N–H and O–H groups in total. The van der Waals surface area contributed by atoms with Crippen LogP contribution in [0.15, 0.2) is 24.3 Å². The van der Waals surface area contributed by atoms with Crippen LogP contribution in [0.3, 0.4) is 0 Å². The van der Waals surface area contributed by atoms with Crippen molar-refractivity contribution in [1.29, 1.82) is 0 Å². The normalized spacial score (nSPS) is 19.1. The topological polar surface area (TPSA) is 40.6 Å². The Kier molecular flexibility index (Phi) is 6.05. The molecule has 1 aromatic carbocycles. The van der Waals surface area contributed by atoms with Crippen LogP contribution in [0.2, 0.25) is 0 Å². The van der Waals surface area contributed by atoms with Gasteiger partial charge in [0, 0.05) is 38.5 Å². The standard InChI is InChI=1S/C20H27FN2O2/c21-18-8-4-5-16(15-18)9-10-19(24)22-11-13-23(14-12-22)20(25)17-6-2-1-3-7-17/h4-5,8,15,17H,1-3,6-7,9-14H2. The molecule has 1 aliphatic heterocycles. The molecule has 5 heteroatoms. The van der Waals surface area contributed by atoms with Crippen LogP contribution in [0.5, 0.6) is 0 Å². The molecule has 25 heavy (non-hydrogen) atoms. The predicted molar refractivity (Wildman–Crippen MR) is 94.5 cm³/mol. The maximum Gasteiger partial charge on any atom is 0.225 e. The predicted octanol–water partition coefficient (Wildman–Crippen LogP) is 3.01. The van der Waals surface area contributed by atoms with Crippen LogP contribution in [-0.2, 0) is 16.0 Å². The molecule has 3 rings (SSSR count). The number of rotatable bonds is 4. The highest BCUT2D eigenvalue weighted by Gasteiger charge is 2.29. The zero-order valence-corrected chi connectivity index (χ0v) is 14.8. The molecule has 1 heterocycles. The summed E-state index contributed by atoms with van der Waals surface area (Å²) >= 11 is 0. The summed E-state index contributed by atoms with van der Waals surface area (Å²) in [7, 11) is 0. The summed E-state index contributed by atoms with van der Waals surface area (Å²) in [4.78, 5) is 28.7. The lowest BCUT2D eigenvalue weighted by Gasteiger charge is -2.37. The van der Waals surface area contributed by atoms with Crippen LogP contribution in [0.4, 0.5) is 4.39 Å². The van der Waals surface area contributed by atoms with Gasteiger partial charge in [0.1, 0.15) is 5.82 Å². The van der Waals surface area contributed by atoms with Crippen LogP contribution in [0, 0.1) is 11.7 Å². The Morgan fingerprint density at radius 2 is 1.68 bits per heavy atom. The summed E-state index contributed by atoms with van der Waals surface area (Å²) in [5.41, 5.74) is 0.847. The fraction of sp³-hybridized carbons (Fsp3) is 0.600. The van der Waals surface area contributed by atoms with Gasteiger partial charge >= 0.3 is 0 Å². The lowest BCUT2D eigenvalue weighted by molar-refractivity contribution is -0.142. The lowest BCUT2D eigenvalue weighted by Crippen LogP contribution is -2.52. The van der Waals surface area contributed by atoms with Gasteiger partial charge in [0.2, 0.25) is 11.8 Å². The highest BCUT2D eigenvalue weighted by atomic mass is 19.1. The Balaban J connectivity index is 1.43. The largest absolute Gasteiger partial charge is 0.339 e. The molecule has 1 saturated heterocycles. The Labute approximate surface area is 149 Å². The average Bonchev–Trinajstić information content (AvgIpc) is 2.66. The summed E-state index contributed by atoms with van der Waals surface area (Å²) in [5, 5.41) is 0. The third-order valence-electron chi connectivity index (χ3n) is 5.42. The molecule has 0 bridgehead atoms. The maximum atomic E-state index is 13.2. The first-order valence-electron chi connectivity index (χ1n) is 9.44. The molecular weight excluding hydrogens is 319 g/mol. The number of carbonyl (C=O) groups is 2. The third-order valence-corrected chi connectivity index (χ3v) is 5.42. The number of amides is 2. The van der Waals surface area contributed by atoms with Crippen molar-refractivity contribution in [3.05, 3.63) is 35.6 Å². The minimum atomic E-state index is -0.264.